The minimum absolute atomic E-state index is 0.494. The van der Waals surface area contributed by atoms with E-state index < -0.39 is 0 Å². The van der Waals surface area contributed by atoms with Crippen LogP contribution in [0.3, 0.4) is 0 Å². The molecule has 0 aromatic heterocycles. The predicted octanol–water partition coefficient (Wildman–Crippen LogP) is 1.83. The van der Waals surface area contributed by atoms with Crippen molar-refractivity contribution in [2.45, 2.75) is 18.5 Å². The molecule has 0 bridgehead atoms. The smallest absolute Gasteiger partial charge is 0.0377 e. The standard InChI is InChI=1S/C15H24BrN3/c1-17-14(10-12-4-6-13(16)7-5-12)15-11-18(2)8-9-19(15)3/h4-7,14-15,17H,8-11H2,1-3H3. The molecule has 1 N–H and O–H groups in total. The van der Waals surface area contributed by atoms with Gasteiger partial charge >= 0.3 is 0 Å². The zero-order chi connectivity index (χ0) is 13.8. The highest BCUT2D eigenvalue weighted by Gasteiger charge is 2.28. The molecular formula is C15H24BrN3. The Hall–Kier alpha value is -0.420. The van der Waals surface area contributed by atoms with Gasteiger partial charge in [-0.2, -0.15) is 0 Å². The molecule has 1 aliphatic heterocycles. The van der Waals surface area contributed by atoms with Crippen molar-refractivity contribution in [1.29, 1.82) is 0 Å². The zero-order valence-electron chi connectivity index (χ0n) is 12.1. The second-order valence-corrected chi connectivity index (χ2v) is 6.45. The molecule has 0 amide bonds. The lowest BCUT2D eigenvalue weighted by atomic mass is 9.97. The Morgan fingerprint density at radius 3 is 2.58 bits per heavy atom. The van der Waals surface area contributed by atoms with Crippen LogP contribution < -0.4 is 5.32 Å². The normalized spacial score (nSPS) is 23.5. The molecule has 2 rings (SSSR count). The molecule has 1 aliphatic rings. The number of hydrogen-bond acceptors (Lipinski definition) is 3. The van der Waals surface area contributed by atoms with E-state index in [1.165, 1.54) is 12.1 Å². The van der Waals surface area contributed by atoms with Gasteiger partial charge in [0.2, 0.25) is 0 Å². The molecular weight excluding hydrogens is 302 g/mol. The molecule has 0 spiro atoms. The summed E-state index contributed by atoms with van der Waals surface area (Å²) in [5, 5.41) is 3.51. The van der Waals surface area contributed by atoms with Gasteiger partial charge in [0, 0.05) is 36.2 Å². The molecule has 0 aliphatic carbocycles. The van der Waals surface area contributed by atoms with Crippen molar-refractivity contribution in [2.24, 2.45) is 0 Å². The molecule has 3 nitrogen and oxygen atoms in total. The third-order valence-corrected chi connectivity index (χ3v) is 4.63. The monoisotopic (exact) mass is 325 g/mol. The number of benzene rings is 1. The van der Waals surface area contributed by atoms with Gasteiger partial charge in [0.25, 0.3) is 0 Å². The first-order valence-corrected chi connectivity index (χ1v) is 7.70. The van der Waals surface area contributed by atoms with Gasteiger partial charge in [-0.1, -0.05) is 28.1 Å². The van der Waals surface area contributed by atoms with Gasteiger partial charge in [0.1, 0.15) is 0 Å². The maximum atomic E-state index is 3.51. The van der Waals surface area contributed by atoms with Crippen LogP contribution in [0.1, 0.15) is 5.56 Å². The van der Waals surface area contributed by atoms with Gasteiger partial charge in [0.15, 0.2) is 0 Å². The number of nitrogens with one attached hydrogen (secondary N) is 1. The quantitative estimate of drug-likeness (QED) is 0.911. The number of hydrogen-bond donors (Lipinski definition) is 1. The van der Waals surface area contributed by atoms with Crippen LogP contribution in [-0.4, -0.2) is 62.7 Å². The van der Waals surface area contributed by atoms with Gasteiger partial charge in [-0.05, 0) is 45.3 Å². The Morgan fingerprint density at radius 1 is 1.26 bits per heavy atom. The molecule has 1 heterocycles. The van der Waals surface area contributed by atoms with E-state index in [1.807, 2.05) is 0 Å². The first-order valence-electron chi connectivity index (χ1n) is 6.90. The highest BCUT2D eigenvalue weighted by molar-refractivity contribution is 9.10. The van der Waals surface area contributed by atoms with E-state index >= 15 is 0 Å². The van der Waals surface area contributed by atoms with Crippen molar-refractivity contribution in [2.75, 3.05) is 40.8 Å². The van der Waals surface area contributed by atoms with Gasteiger partial charge in [-0.3, -0.25) is 4.90 Å². The van der Waals surface area contributed by atoms with Crippen LogP contribution in [0.15, 0.2) is 28.7 Å². The maximum Gasteiger partial charge on any atom is 0.0377 e. The van der Waals surface area contributed by atoms with Crippen LogP contribution in [0.4, 0.5) is 0 Å². The minimum Gasteiger partial charge on any atom is -0.315 e. The third-order valence-electron chi connectivity index (χ3n) is 4.10. The van der Waals surface area contributed by atoms with Crippen LogP contribution >= 0.6 is 15.9 Å². The number of likely N-dealkylation sites (N-methyl/N-ethyl adjacent to an activating group) is 3. The van der Waals surface area contributed by atoms with Crippen LogP contribution in [0.5, 0.6) is 0 Å². The molecule has 4 heteroatoms. The summed E-state index contributed by atoms with van der Waals surface area (Å²) < 4.78 is 1.15. The molecule has 1 aromatic rings. The second kappa shape index (κ2) is 6.84. The summed E-state index contributed by atoms with van der Waals surface area (Å²) >= 11 is 3.49. The Bertz CT molecular complexity index is 393. The van der Waals surface area contributed by atoms with Crippen LogP contribution in [-0.2, 0) is 6.42 Å². The predicted molar refractivity (Wildman–Crippen MR) is 84.6 cm³/mol. The van der Waals surface area contributed by atoms with E-state index in [4.69, 9.17) is 0 Å². The molecule has 1 saturated heterocycles. The van der Waals surface area contributed by atoms with E-state index in [0.717, 1.165) is 24.0 Å². The fraction of sp³-hybridized carbons (Fsp3) is 0.600. The third kappa shape index (κ3) is 4.02. The lowest BCUT2D eigenvalue weighted by Crippen LogP contribution is -2.58. The Labute approximate surface area is 125 Å². The lowest BCUT2D eigenvalue weighted by Gasteiger charge is -2.42. The van der Waals surface area contributed by atoms with Crippen molar-refractivity contribution in [3.05, 3.63) is 34.3 Å². The molecule has 2 atom stereocenters. The summed E-state index contributed by atoms with van der Waals surface area (Å²) in [5.74, 6) is 0. The Balaban J connectivity index is 2.04. The SMILES string of the molecule is CNC(Cc1ccc(Br)cc1)C1CN(C)CCN1C. The zero-order valence-corrected chi connectivity index (χ0v) is 13.7. The number of rotatable bonds is 4. The van der Waals surface area contributed by atoms with Crippen molar-refractivity contribution in [3.8, 4) is 0 Å². The summed E-state index contributed by atoms with van der Waals surface area (Å²) in [6, 6.07) is 9.74. The van der Waals surface area contributed by atoms with Crippen molar-refractivity contribution < 1.29 is 0 Å². The van der Waals surface area contributed by atoms with E-state index in [1.54, 1.807) is 0 Å². The van der Waals surface area contributed by atoms with E-state index in [-0.39, 0.29) is 0 Å². The van der Waals surface area contributed by atoms with E-state index in [2.05, 4.69) is 76.5 Å². The summed E-state index contributed by atoms with van der Waals surface area (Å²) in [5.41, 5.74) is 1.39. The first-order chi connectivity index (χ1) is 9.10. The largest absolute Gasteiger partial charge is 0.315 e. The number of halogens is 1. The molecule has 1 aromatic carbocycles. The van der Waals surface area contributed by atoms with Crippen molar-refractivity contribution >= 4 is 15.9 Å². The summed E-state index contributed by atoms with van der Waals surface area (Å²) in [7, 11) is 6.53. The van der Waals surface area contributed by atoms with Gasteiger partial charge < -0.3 is 10.2 Å². The number of nitrogens with zero attached hydrogens (tertiary/aromatic N) is 2. The average Bonchev–Trinajstić information content (AvgIpc) is 2.41. The fourth-order valence-corrected chi connectivity index (χ4v) is 3.05. The molecule has 0 saturated carbocycles. The summed E-state index contributed by atoms with van der Waals surface area (Å²) in [4.78, 5) is 4.91. The van der Waals surface area contributed by atoms with Crippen molar-refractivity contribution in [3.63, 3.8) is 0 Å². The van der Waals surface area contributed by atoms with Crippen molar-refractivity contribution in [1.82, 2.24) is 15.1 Å². The fourth-order valence-electron chi connectivity index (χ4n) is 2.78. The topological polar surface area (TPSA) is 18.5 Å². The molecule has 0 radical (unpaired) electrons. The van der Waals surface area contributed by atoms with E-state index in [9.17, 15) is 0 Å². The van der Waals surface area contributed by atoms with E-state index in [0.29, 0.717) is 12.1 Å². The van der Waals surface area contributed by atoms with Gasteiger partial charge in [0.05, 0.1) is 0 Å². The van der Waals surface area contributed by atoms with Crippen LogP contribution in [0.2, 0.25) is 0 Å². The van der Waals surface area contributed by atoms with Crippen LogP contribution in [0, 0.1) is 0 Å². The lowest BCUT2D eigenvalue weighted by molar-refractivity contribution is 0.0897. The highest BCUT2D eigenvalue weighted by atomic mass is 79.9. The summed E-state index contributed by atoms with van der Waals surface area (Å²) in [6.07, 6.45) is 1.08. The molecule has 2 unspecified atom stereocenters. The average molecular weight is 326 g/mol. The Kier molecular flexibility index (Phi) is 5.39. The van der Waals surface area contributed by atoms with Gasteiger partial charge in [-0.25, -0.2) is 0 Å². The maximum absolute atomic E-state index is 3.51. The van der Waals surface area contributed by atoms with Crippen LogP contribution in [0.25, 0.3) is 0 Å². The molecule has 1 fully saturated rings. The molecule has 106 valence electrons. The summed E-state index contributed by atoms with van der Waals surface area (Å²) in [6.45, 7) is 3.46. The number of piperazine rings is 1. The van der Waals surface area contributed by atoms with Gasteiger partial charge in [-0.15, -0.1) is 0 Å². The first kappa shape index (κ1) is 15.0. The Morgan fingerprint density at radius 2 is 1.95 bits per heavy atom. The second-order valence-electron chi connectivity index (χ2n) is 5.54. The minimum atomic E-state index is 0.494. The molecule has 19 heavy (non-hydrogen) atoms. The highest BCUT2D eigenvalue weighted by Crippen LogP contribution is 2.16.